The van der Waals surface area contributed by atoms with E-state index in [4.69, 9.17) is 14.2 Å². The number of esters is 1. The first kappa shape index (κ1) is 21.9. The van der Waals surface area contributed by atoms with E-state index < -0.39 is 29.6 Å². The molecule has 0 radical (unpaired) electrons. The Morgan fingerprint density at radius 2 is 1.90 bits per heavy atom. The second-order valence-corrected chi connectivity index (χ2v) is 5.87. The molecule has 2 aromatic carbocycles. The first-order chi connectivity index (χ1) is 13.8. The van der Waals surface area contributed by atoms with Gasteiger partial charge in [0.05, 0.1) is 19.4 Å². The highest BCUT2D eigenvalue weighted by Gasteiger charge is 2.18. The van der Waals surface area contributed by atoms with Gasteiger partial charge in [-0.3, -0.25) is 4.79 Å². The molecule has 0 heterocycles. The standard InChI is InChI=1S/C21H21F2NO5/c1-4-28-19-11-14(5-9-18(19)27-3)6-10-20(25)29-13(2)21(26)24-17-8-7-15(22)12-16(17)23/h5-13H,4H2,1-3H3,(H,24,26)/b10-6+/t13-/m1/s1. The number of anilines is 1. The number of rotatable bonds is 8. The Bertz CT molecular complexity index is 914. The Kier molecular flexibility index (Phi) is 7.70. The van der Waals surface area contributed by atoms with Crippen molar-refractivity contribution in [1.82, 2.24) is 0 Å². The zero-order chi connectivity index (χ0) is 21.4. The molecule has 29 heavy (non-hydrogen) atoms. The van der Waals surface area contributed by atoms with Gasteiger partial charge in [-0.05, 0) is 49.8 Å². The van der Waals surface area contributed by atoms with Crippen LogP contribution in [0.5, 0.6) is 11.5 Å². The van der Waals surface area contributed by atoms with Crippen LogP contribution in [0.4, 0.5) is 14.5 Å². The predicted octanol–water partition coefficient (Wildman–Crippen LogP) is 3.96. The van der Waals surface area contributed by atoms with Crippen molar-refractivity contribution in [3.8, 4) is 11.5 Å². The summed E-state index contributed by atoms with van der Waals surface area (Å²) in [6.07, 6.45) is 1.46. The number of hydrogen-bond acceptors (Lipinski definition) is 5. The van der Waals surface area contributed by atoms with Crippen LogP contribution in [0.1, 0.15) is 19.4 Å². The molecule has 2 rings (SSSR count). The smallest absolute Gasteiger partial charge is 0.331 e. The molecule has 0 unspecified atom stereocenters. The van der Waals surface area contributed by atoms with E-state index in [1.54, 1.807) is 18.2 Å². The van der Waals surface area contributed by atoms with Crippen molar-refractivity contribution in [2.45, 2.75) is 20.0 Å². The van der Waals surface area contributed by atoms with Crippen LogP contribution in [0.2, 0.25) is 0 Å². The number of carbonyl (C=O) groups excluding carboxylic acids is 2. The van der Waals surface area contributed by atoms with E-state index >= 15 is 0 Å². The summed E-state index contributed by atoms with van der Waals surface area (Å²) in [5, 5.41) is 2.24. The Hall–Kier alpha value is -3.42. The maximum Gasteiger partial charge on any atom is 0.331 e. The van der Waals surface area contributed by atoms with E-state index in [1.165, 1.54) is 20.1 Å². The Balaban J connectivity index is 1.97. The molecule has 0 aliphatic rings. The molecular weight excluding hydrogens is 384 g/mol. The number of nitrogens with one attached hydrogen (secondary N) is 1. The van der Waals surface area contributed by atoms with Gasteiger partial charge in [0.2, 0.25) is 0 Å². The van der Waals surface area contributed by atoms with Crippen LogP contribution in [0.3, 0.4) is 0 Å². The van der Waals surface area contributed by atoms with Gasteiger partial charge >= 0.3 is 5.97 Å². The van der Waals surface area contributed by atoms with Crippen LogP contribution in [0.15, 0.2) is 42.5 Å². The summed E-state index contributed by atoms with van der Waals surface area (Å²) in [6, 6.07) is 7.84. The highest BCUT2D eigenvalue weighted by molar-refractivity contribution is 5.96. The maximum atomic E-state index is 13.6. The van der Waals surface area contributed by atoms with Gasteiger partial charge in [0, 0.05) is 12.1 Å². The zero-order valence-electron chi connectivity index (χ0n) is 16.2. The molecule has 8 heteroatoms. The third-order valence-electron chi connectivity index (χ3n) is 3.75. The van der Waals surface area contributed by atoms with Gasteiger partial charge < -0.3 is 19.5 Å². The van der Waals surface area contributed by atoms with Crippen LogP contribution in [0, 0.1) is 11.6 Å². The third-order valence-corrected chi connectivity index (χ3v) is 3.75. The van der Waals surface area contributed by atoms with Crippen LogP contribution >= 0.6 is 0 Å². The van der Waals surface area contributed by atoms with Crippen LogP contribution in [0.25, 0.3) is 6.08 Å². The van der Waals surface area contributed by atoms with Crippen LogP contribution in [-0.2, 0) is 14.3 Å². The Morgan fingerprint density at radius 3 is 2.55 bits per heavy atom. The van der Waals surface area contributed by atoms with Crippen molar-refractivity contribution >= 4 is 23.6 Å². The van der Waals surface area contributed by atoms with E-state index in [1.807, 2.05) is 6.92 Å². The van der Waals surface area contributed by atoms with Crippen molar-refractivity contribution in [2.24, 2.45) is 0 Å². The number of methoxy groups -OCH3 is 1. The SMILES string of the molecule is CCOc1cc(/C=C/C(=O)O[C@H](C)C(=O)Nc2ccc(F)cc2F)ccc1OC. The molecule has 1 amide bonds. The van der Waals surface area contributed by atoms with Crippen molar-refractivity contribution < 1.29 is 32.6 Å². The minimum absolute atomic E-state index is 0.212. The van der Waals surface area contributed by atoms with Crippen molar-refractivity contribution in [3.05, 3.63) is 59.7 Å². The molecule has 0 saturated carbocycles. The second kappa shape index (κ2) is 10.2. The van der Waals surface area contributed by atoms with Gasteiger partial charge in [0.1, 0.15) is 11.6 Å². The largest absolute Gasteiger partial charge is 0.493 e. The summed E-state index contributed by atoms with van der Waals surface area (Å²) in [5.41, 5.74) is 0.452. The predicted molar refractivity (Wildman–Crippen MR) is 104 cm³/mol. The molecule has 154 valence electrons. The van der Waals surface area contributed by atoms with Gasteiger partial charge in [-0.15, -0.1) is 0 Å². The lowest BCUT2D eigenvalue weighted by atomic mass is 10.2. The highest BCUT2D eigenvalue weighted by Crippen LogP contribution is 2.28. The van der Waals surface area contributed by atoms with E-state index in [9.17, 15) is 18.4 Å². The average molecular weight is 405 g/mol. The molecule has 0 bridgehead atoms. The minimum atomic E-state index is -1.19. The third kappa shape index (κ3) is 6.31. The highest BCUT2D eigenvalue weighted by atomic mass is 19.1. The van der Waals surface area contributed by atoms with Crippen molar-refractivity contribution in [1.29, 1.82) is 0 Å². The fourth-order valence-electron chi connectivity index (χ4n) is 2.32. The van der Waals surface area contributed by atoms with Gasteiger partial charge in [0.15, 0.2) is 17.6 Å². The molecule has 1 atom stereocenters. The number of carbonyl (C=O) groups is 2. The van der Waals surface area contributed by atoms with Gasteiger partial charge in [-0.2, -0.15) is 0 Å². The summed E-state index contributed by atoms with van der Waals surface area (Å²) in [4.78, 5) is 24.0. The second-order valence-electron chi connectivity index (χ2n) is 5.87. The number of ether oxygens (including phenoxy) is 3. The average Bonchev–Trinajstić information content (AvgIpc) is 2.68. The lowest BCUT2D eigenvalue weighted by molar-refractivity contribution is -0.148. The Morgan fingerprint density at radius 1 is 1.14 bits per heavy atom. The van der Waals surface area contributed by atoms with Gasteiger partial charge in [-0.25, -0.2) is 13.6 Å². The molecule has 1 N–H and O–H groups in total. The maximum absolute atomic E-state index is 13.6. The van der Waals surface area contributed by atoms with E-state index in [-0.39, 0.29) is 5.69 Å². The minimum Gasteiger partial charge on any atom is -0.493 e. The Labute approximate surface area is 167 Å². The lowest BCUT2D eigenvalue weighted by Crippen LogP contribution is -2.29. The van der Waals surface area contributed by atoms with E-state index in [0.29, 0.717) is 29.7 Å². The quantitative estimate of drug-likeness (QED) is 0.532. The molecule has 0 aliphatic heterocycles. The van der Waals surface area contributed by atoms with E-state index in [0.717, 1.165) is 18.2 Å². The number of hydrogen-bond donors (Lipinski definition) is 1. The summed E-state index contributed by atoms with van der Waals surface area (Å²) in [7, 11) is 1.52. The molecule has 0 aliphatic carbocycles. The molecule has 0 saturated heterocycles. The van der Waals surface area contributed by atoms with Gasteiger partial charge in [0.25, 0.3) is 5.91 Å². The van der Waals surface area contributed by atoms with Crippen molar-refractivity contribution in [2.75, 3.05) is 19.0 Å². The van der Waals surface area contributed by atoms with Gasteiger partial charge in [-0.1, -0.05) is 6.07 Å². The summed E-state index contributed by atoms with van der Waals surface area (Å²) in [5.74, 6) is -2.12. The molecule has 2 aromatic rings. The molecule has 0 aromatic heterocycles. The summed E-state index contributed by atoms with van der Waals surface area (Å²) < 4.78 is 42.2. The fourth-order valence-corrected chi connectivity index (χ4v) is 2.32. The fraction of sp³-hybridized carbons (Fsp3) is 0.238. The molecular formula is C21H21F2NO5. The lowest BCUT2D eigenvalue weighted by Gasteiger charge is -2.13. The molecule has 0 spiro atoms. The number of benzene rings is 2. The first-order valence-electron chi connectivity index (χ1n) is 8.79. The monoisotopic (exact) mass is 405 g/mol. The van der Waals surface area contributed by atoms with Crippen molar-refractivity contribution in [3.63, 3.8) is 0 Å². The number of amides is 1. The summed E-state index contributed by atoms with van der Waals surface area (Å²) >= 11 is 0. The normalized spacial score (nSPS) is 11.8. The van der Waals surface area contributed by atoms with Crippen LogP contribution < -0.4 is 14.8 Å². The topological polar surface area (TPSA) is 73.9 Å². The molecule has 0 fully saturated rings. The van der Waals surface area contributed by atoms with Crippen LogP contribution in [-0.4, -0.2) is 31.7 Å². The van der Waals surface area contributed by atoms with E-state index in [2.05, 4.69) is 5.32 Å². The molecule has 6 nitrogen and oxygen atoms in total. The first-order valence-corrected chi connectivity index (χ1v) is 8.79. The number of halogens is 2. The summed E-state index contributed by atoms with van der Waals surface area (Å²) in [6.45, 7) is 3.62. The zero-order valence-corrected chi connectivity index (χ0v) is 16.2.